The monoisotopic (exact) mass is 568 g/mol. The number of rotatable bonds is 9. The Morgan fingerprint density at radius 2 is 1.57 bits per heavy atom. The van der Waals surface area contributed by atoms with Gasteiger partial charge >= 0.3 is 0 Å². The molecule has 0 aliphatic carbocycles. The molecule has 204 valence electrons. The molecule has 5 nitrogen and oxygen atoms in total. The average Bonchev–Trinajstić information content (AvgIpc) is 3.62. The third-order valence-electron chi connectivity index (χ3n) is 7.85. The molecule has 5 aromatic rings. The highest BCUT2D eigenvalue weighted by Crippen LogP contribution is 2.41. The molecule has 0 N–H and O–H groups in total. The summed E-state index contributed by atoms with van der Waals surface area (Å²) in [5.41, 5.74) is 5.94. The molecule has 0 spiro atoms. The molecule has 0 saturated carbocycles. The summed E-state index contributed by atoms with van der Waals surface area (Å²) in [5.74, 6) is 0.768. The van der Waals surface area contributed by atoms with Gasteiger partial charge in [-0.2, -0.15) is 5.10 Å². The maximum atomic E-state index is 6.29. The molecule has 1 saturated heterocycles. The van der Waals surface area contributed by atoms with E-state index in [1.54, 1.807) is 11.3 Å². The van der Waals surface area contributed by atoms with Crippen LogP contribution in [0, 0.1) is 6.92 Å². The second-order valence-corrected chi connectivity index (χ2v) is 12.0. The van der Waals surface area contributed by atoms with Crippen LogP contribution in [-0.4, -0.2) is 32.8 Å². The molecular weight excluding hydrogens is 536 g/mol. The predicted octanol–water partition coefficient (Wildman–Crippen LogP) is 7.51. The minimum absolute atomic E-state index is 0.0562. The fraction of sp³-hybridized carbons (Fsp3) is 0.273. The van der Waals surface area contributed by atoms with Crippen LogP contribution in [0.1, 0.15) is 45.9 Å². The molecule has 0 radical (unpaired) electrons. The number of nitrogens with zero attached hydrogens (tertiary/aromatic N) is 4. The van der Waals surface area contributed by atoms with Crippen LogP contribution in [0.25, 0.3) is 0 Å². The highest BCUT2D eigenvalue weighted by atomic mass is 35.5. The number of piperidine rings is 1. The number of aromatic nitrogens is 3. The van der Waals surface area contributed by atoms with Crippen LogP contribution in [-0.2, 0) is 25.1 Å². The van der Waals surface area contributed by atoms with Gasteiger partial charge in [-0.3, -0.25) is 9.58 Å². The Kier molecular flexibility index (Phi) is 8.00. The predicted molar refractivity (Wildman–Crippen MR) is 162 cm³/mol. The summed E-state index contributed by atoms with van der Waals surface area (Å²) in [4.78, 5) is 7.03. The summed E-state index contributed by atoms with van der Waals surface area (Å²) in [7, 11) is 0. The normalized spacial score (nSPS) is 15.2. The van der Waals surface area contributed by atoms with Gasteiger partial charge in [0.05, 0.1) is 22.9 Å². The molecule has 40 heavy (non-hydrogen) atoms. The SMILES string of the molecule is Cc1nc(COc2cc(Cl)ccc2Cn2ccc(CN3CCC(c4ccccc4)(c4ccccc4)CC3)n2)cs1. The van der Waals surface area contributed by atoms with E-state index in [1.807, 2.05) is 35.2 Å². The van der Waals surface area contributed by atoms with Gasteiger partial charge in [-0.15, -0.1) is 11.3 Å². The van der Waals surface area contributed by atoms with E-state index in [4.69, 9.17) is 21.4 Å². The first-order chi connectivity index (χ1) is 19.6. The highest BCUT2D eigenvalue weighted by molar-refractivity contribution is 7.09. The molecule has 0 bridgehead atoms. The maximum absolute atomic E-state index is 6.29. The molecule has 0 atom stereocenters. The fourth-order valence-electron chi connectivity index (χ4n) is 5.75. The number of hydrogen-bond acceptors (Lipinski definition) is 5. The van der Waals surface area contributed by atoms with Gasteiger partial charge in [0.2, 0.25) is 0 Å². The minimum atomic E-state index is 0.0562. The van der Waals surface area contributed by atoms with Crippen molar-refractivity contribution in [2.24, 2.45) is 0 Å². The van der Waals surface area contributed by atoms with Crippen LogP contribution in [0.4, 0.5) is 0 Å². The van der Waals surface area contributed by atoms with E-state index in [1.165, 1.54) is 11.1 Å². The Morgan fingerprint density at radius 3 is 2.23 bits per heavy atom. The molecule has 6 rings (SSSR count). The topological polar surface area (TPSA) is 43.2 Å². The lowest BCUT2D eigenvalue weighted by molar-refractivity contribution is 0.170. The summed E-state index contributed by atoms with van der Waals surface area (Å²) < 4.78 is 8.11. The Hall–Kier alpha value is -3.45. The molecule has 3 heterocycles. The number of hydrogen-bond donors (Lipinski definition) is 0. The average molecular weight is 569 g/mol. The van der Waals surface area contributed by atoms with E-state index in [-0.39, 0.29) is 5.41 Å². The zero-order valence-electron chi connectivity index (χ0n) is 22.7. The van der Waals surface area contributed by atoms with Crippen molar-refractivity contribution in [1.82, 2.24) is 19.7 Å². The van der Waals surface area contributed by atoms with Gasteiger partial charge in [-0.05, 0) is 62.2 Å². The van der Waals surface area contributed by atoms with Crippen LogP contribution in [0.2, 0.25) is 5.02 Å². The number of halogens is 1. The molecule has 2 aromatic heterocycles. The van der Waals surface area contributed by atoms with Gasteiger partial charge in [0.25, 0.3) is 0 Å². The van der Waals surface area contributed by atoms with Gasteiger partial charge in [-0.25, -0.2) is 4.98 Å². The van der Waals surface area contributed by atoms with E-state index >= 15 is 0 Å². The number of thiazole rings is 1. The highest BCUT2D eigenvalue weighted by Gasteiger charge is 2.37. The quantitative estimate of drug-likeness (QED) is 0.184. The van der Waals surface area contributed by atoms with Crippen LogP contribution in [0.5, 0.6) is 5.75 Å². The van der Waals surface area contributed by atoms with Gasteiger partial charge in [-0.1, -0.05) is 78.3 Å². The van der Waals surface area contributed by atoms with E-state index in [9.17, 15) is 0 Å². The third kappa shape index (κ3) is 5.99. The first-order valence-corrected chi connectivity index (χ1v) is 15.0. The van der Waals surface area contributed by atoms with Crippen LogP contribution >= 0.6 is 22.9 Å². The molecule has 0 amide bonds. The van der Waals surface area contributed by atoms with Crippen molar-refractivity contribution in [3.05, 3.63) is 135 Å². The van der Waals surface area contributed by atoms with Crippen molar-refractivity contribution >= 4 is 22.9 Å². The Morgan fingerprint density at radius 1 is 0.875 bits per heavy atom. The first-order valence-electron chi connectivity index (χ1n) is 13.8. The number of aryl methyl sites for hydroxylation is 1. The molecule has 3 aromatic carbocycles. The van der Waals surface area contributed by atoms with Crippen LogP contribution < -0.4 is 4.74 Å². The largest absolute Gasteiger partial charge is 0.487 e. The van der Waals surface area contributed by atoms with Gasteiger partial charge in [0.1, 0.15) is 12.4 Å². The molecule has 1 fully saturated rings. The number of benzene rings is 3. The standard InChI is InChI=1S/C33H33ClN4OS/c1-25-35-31(24-40-25)23-39-32-20-29(34)13-12-26(32)21-38-17-14-30(36-38)22-37-18-15-33(16-19-37,27-8-4-2-5-9-27)28-10-6-3-7-11-28/h2-14,17,20,24H,15-16,18-19,21-23H2,1H3. The van der Waals surface area contributed by atoms with Crippen molar-refractivity contribution in [3.63, 3.8) is 0 Å². The van der Waals surface area contributed by atoms with Crippen molar-refractivity contribution < 1.29 is 4.74 Å². The summed E-state index contributed by atoms with van der Waals surface area (Å²) in [5, 5.41) is 8.63. The lowest BCUT2D eigenvalue weighted by Gasteiger charge is -2.42. The van der Waals surface area contributed by atoms with Gasteiger partial charge in [0.15, 0.2) is 0 Å². The molecule has 1 aliphatic heterocycles. The molecule has 1 aliphatic rings. The van der Waals surface area contributed by atoms with Crippen molar-refractivity contribution in [1.29, 1.82) is 0 Å². The lowest BCUT2D eigenvalue weighted by atomic mass is 9.68. The lowest BCUT2D eigenvalue weighted by Crippen LogP contribution is -2.43. The zero-order chi connectivity index (χ0) is 27.4. The zero-order valence-corrected chi connectivity index (χ0v) is 24.2. The van der Waals surface area contributed by atoms with Gasteiger partial charge in [0, 0.05) is 34.1 Å². The summed E-state index contributed by atoms with van der Waals surface area (Å²) in [6.07, 6.45) is 4.23. The van der Waals surface area contributed by atoms with Crippen molar-refractivity contribution in [2.45, 2.75) is 44.9 Å². The van der Waals surface area contributed by atoms with Crippen molar-refractivity contribution in [2.75, 3.05) is 13.1 Å². The second kappa shape index (κ2) is 12.0. The molecular formula is C33H33ClN4OS. The van der Waals surface area contributed by atoms with E-state index < -0.39 is 0 Å². The van der Waals surface area contributed by atoms with E-state index in [2.05, 4.69) is 82.8 Å². The smallest absolute Gasteiger partial charge is 0.131 e. The van der Waals surface area contributed by atoms with Crippen LogP contribution in [0.15, 0.2) is 96.5 Å². The summed E-state index contributed by atoms with van der Waals surface area (Å²) in [6, 6.07) is 29.9. The molecule has 7 heteroatoms. The minimum Gasteiger partial charge on any atom is -0.487 e. The molecule has 0 unspecified atom stereocenters. The Labute approximate surface area is 245 Å². The summed E-state index contributed by atoms with van der Waals surface area (Å²) in [6.45, 7) is 5.95. The second-order valence-electron chi connectivity index (χ2n) is 10.5. The first kappa shape index (κ1) is 26.8. The summed E-state index contributed by atoms with van der Waals surface area (Å²) >= 11 is 7.92. The third-order valence-corrected chi connectivity index (χ3v) is 8.90. The number of likely N-dealkylation sites (tertiary alicyclic amines) is 1. The van der Waals surface area contributed by atoms with Gasteiger partial charge < -0.3 is 4.74 Å². The Bertz CT molecular complexity index is 1500. The van der Waals surface area contributed by atoms with E-state index in [0.717, 1.165) is 60.2 Å². The number of ether oxygens (including phenoxy) is 1. The Balaban J connectivity index is 1.11. The fourth-order valence-corrected chi connectivity index (χ4v) is 6.51. The van der Waals surface area contributed by atoms with Crippen molar-refractivity contribution in [3.8, 4) is 5.75 Å². The maximum Gasteiger partial charge on any atom is 0.131 e. The van der Waals surface area contributed by atoms with E-state index in [0.29, 0.717) is 18.2 Å². The van der Waals surface area contributed by atoms with Crippen LogP contribution in [0.3, 0.4) is 0 Å².